The van der Waals surface area contributed by atoms with Crippen molar-refractivity contribution in [2.24, 2.45) is 0 Å². The van der Waals surface area contributed by atoms with Gasteiger partial charge in [-0.2, -0.15) is 0 Å². The van der Waals surface area contributed by atoms with E-state index in [1.165, 1.54) is 0 Å². The number of hydrogen-bond donors (Lipinski definition) is 1. The zero-order valence-electron chi connectivity index (χ0n) is 12.0. The highest BCUT2D eigenvalue weighted by Crippen LogP contribution is 2.19. The fourth-order valence-corrected chi connectivity index (χ4v) is 2.71. The number of fused-ring (bicyclic) bond motifs is 1. The Kier molecular flexibility index (Phi) is 4.34. The summed E-state index contributed by atoms with van der Waals surface area (Å²) < 4.78 is 5.61. The number of aliphatic hydroxyl groups excluding tert-OH is 1. The molecule has 1 saturated heterocycles. The summed E-state index contributed by atoms with van der Waals surface area (Å²) in [5.74, 6) is 0.468. The van der Waals surface area contributed by atoms with E-state index >= 15 is 0 Å². The fourth-order valence-electron chi connectivity index (χ4n) is 2.71. The predicted octanol–water partition coefficient (Wildman–Crippen LogP) is 1.23. The summed E-state index contributed by atoms with van der Waals surface area (Å²) in [6, 6.07) is 9.48. The normalized spacial score (nSPS) is 17.4. The van der Waals surface area contributed by atoms with Gasteiger partial charge in [-0.25, -0.2) is 0 Å². The number of piperazine rings is 1. The highest BCUT2D eigenvalue weighted by molar-refractivity contribution is 5.98. The Morgan fingerprint density at radius 2 is 1.86 bits per heavy atom. The lowest BCUT2D eigenvalue weighted by molar-refractivity contribution is 0.0801. The Hall–Kier alpha value is -1.69. The molecule has 0 unspecified atom stereocenters. The van der Waals surface area contributed by atoms with Crippen LogP contribution in [0.15, 0.2) is 34.7 Å². The van der Waals surface area contributed by atoms with Crippen LogP contribution in [-0.4, -0.2) is 66.6 Å². The molecule has 1 aromatic carbocycles. The first-order valence-electron chi connectivity index (χ1n) is 7.33. The van der Waals surface area contributed by atoms with Crippen molar-refractivity contribution in [3.05, 3.63) is 36.1 Å². The van der Waals surface area contributed by atoms with Crippen molar-refractivity contribution in [2.45, 2.75) is 0 Å². The second-order valence-electron chi connectivity index (χ2n) is 5.41. The Bertz CT molecular complexity index is 582. The third kappa shape index (κ3) is 3.32. The van der Waals surface area contributed by atoms with E-state index < -0.39 is 0 Å². The van der Waals surface area contributed by atoms with Crippen LogP contribution in [0, 0.1) is 0 Å². The molecule has 0 amide bonds. The minimum atomic E-state index is 0.0295. The Balaban J connectivity index is 1.59. The lowest BCUT2D eigenvalue weighted by Gasteiger charge is -2.33. The maximum absolute atomic E-state index is 12.3. The number of para-hydroxylation sites is 1. The second-order valence-corrected chi connectivity index (χ2v) is 5.41. The predicted molar refractivity (Wildman–Crippen MR) is 80.5 cm³/mol. The first-order valence-corrected chi connectivity index (χ1v) is 7.33. The highest BCUT2D eigenvalue weighted by Gasteiger charge is 2.20. The SMILES string of the molecule is O=C(CN1CCN(CCO)CC1)c1cc2ccccc2o1. The molecule has 5 nitrogen and oxygen atoms in total. The molecule has 0 bridgehead atoms. The number of nitrogens with zero attached hydrogens (tertiary/aromatic N) is 2. The fraction of sp³-hybridized carbons (Fsp3) is 0.438. The van der Waals surface area contributed by atoms with Crippen molar-refractivity contribution < 1.29 is 14.3 Å². The summed E-state index contributed by atoms with van der Waals surface area (Å²) in [6.45, 7) is 4.80. The summed E-state index contributed by atoms with van der Waals surface area (Å²) in [6.07, 6.45) is 0. The summed E-state index contributed by atoms with van der Waals surface area (Å²) >= 11 is 0. The van der Waals surface area contributed by atoms with Crippen LogP contribution in [0.25, 0.3) is 11.0 Å². The Labute approximate surface area is 123 Å². The van der Waals surface area contributed by atoms with Crippen molar-refractivity contribution in [2.75, 3.05) is 45.9 Å². The Morgan fingerprint density at radius 3 is 2.57 bits per heavy atom. The number of aliphatic hydroxyl groups is 1. The number of furan rings is 1. The number of hydrogen-bond acceptors (Lipinski definition) is 5. The van der Waals surface area contributed by atoms with Gasteiger partial charge in [0, 0.05) is 38.1 Å². The molecule has 0 spiro atoms. The molecule has 2 aromatic rings. The average Bonchev–Trinajstić information content (AvgIpc) is 2.94. The molecular weight excluding hydrogens is 268 g/mol. The monoisotopic (exact) mass is 288 g/mol. The van der Waals surface area contributed by atoms with E-state index in [0.717, 1.165) is 37.1 Å². The van der Waals surface area contributed by atoms with Gasteiger partial charge >= 0.3 is 0 Å². The summed E-state index contributed by atoms with van der Waals surface area (Å²) in [4.78, 5) is 16.7. The lowest BCUT2D eigenvalue weighted by atomic mass is 10.2. The molecule has 0 aliphatic carbocycles. The molecule has 1 aromatic heterocycles. The van der Waals surface area contributed by atoms with Gasteiger partial charge in [0.05, 0.1) is 13.2 Å². The van der Waals surface area contributed by atoms with Crippen LogP contribution < -0.4 is 0 Å². The standard InChI is InChI=1S/C16H20N2O3/c19-10-9-17-5-7-18(8-6-17)12-14(20)16-11-13-3-1-2-4-15(13)21-16/h1-4,11,19H,5-10,12H2. The number of carbonyl (C=O) groups excluding carboxylic acids is 1. The quantitative estimate of drug-likeness (QED) is 0.839. The molecule has 0 radical (unpaired) electrons. The second kappa shape index (κ2) is 6.39. The van der Waals surface area contributed by atoms with Crippen LogP contribution in [0.1, 0.15) is 10.6 Å². The van der Waals surface area contributed by atoms with Gasteiger partial charge in [0.25, 0.3) is 0 Å². The van der Waals surface area contributed by atoms with E-state index in [1.54, 1.807) is 0 Å². The molecule has 1 fully saturated rings. The van der Waals surface area contributed by atoms with Crippen LogP contribution in [-0.2, 0) is 0 Å². The van der Waals surface area contributed by atoms with Gasteiger partial charge in [0.1, 0.15) is 5.58 Å². The lowest BCUT2D eigenvalue weighted by Crippen LogP contribution is -2.48. The van der Waals surface area contributed by atoms with Crippen LogP contribution in [0.4, 0.5) is 0 Å². The highest BCUT2D eigenvalue weighted by atomic mass is 16.3. The van der Waals surface area contributed by atoms with Crippen LogP contribution >= 0.6 is 0 Å². The van der Waals surface area contributed by atoms with E-state index in [-0.39, 0.29) is 12.4 Å². The van der Waals surface area contributed by atoms with Crippen molar-refractivity contribution in [1.29, 1.82) is 0 Å². The zero-order valence-corrected chi connectivity index (χ0v) is 12.0. The molecule has 1 N–H and O–H groups in total. The number of rotatable bonds is 5. The number of β-amino-alcohol motifs (C(OH)–C–C–N with tert-alkyl or cyclic N) is 1. The number of ketones is 1. The minimum absolute atomic E-state index is 0.0295. The first-order chi connectivity index (χ1) is 10.3. The van der Waals surface area contributed by atoms with Crippen LogP contribution in [0.2, 0.25) is 0 Å². The van der Waals surface area contributed by atoms with Crippen LogP contribution in [0.3, 0.4) is 0 Å². The van der Waals surface area contributed by atoms with Gasteiger partial charge in [0.2, 0.25) is 5.78 Å². The maximum Gasteiger partial charge on any atom is 0.211 e. The molecule has 21 heavy (non-hydrogen) atoms. The zero-order chi connectivity index (χ0) is 14.7. The van der Waals surface area contributed by atoms with Gasteiger partial charge < -0.3 is 9.52 Å². The first kappa shape index (κ1) is 14.3. The number of carbonyl (C=O) groups is 1. The van der Waals surface area contributed by atoms with Gasteiger partial charge in [-0.3, -0.25) is 14.6 Å². The molecule has 1 aliphatic rings. The third-order valence-electron chi connectivity index (χ3n) is 3.95. The molecule has 112 valence electrons. The van der Waals surface area contributed by atoms with E-state index in [2.05, 4.69) is 9.80 Å². The topological polar surface area (TPSA) is 56.9 Å². The molecule has 3 rings (SSSR count). The summed E-state index contributed by atoms with van der Waals surface area (Å²) in [7, 11) is 0. The van der Waals surface area contributed by atoms with E-state index in [0.29, 0.717) is 18.8 Å². The molecule has 0 saturated carbocycles. The van der Waals surface area contributed by atoms with Crippen molar-refractivity contribution in [3.63, 3.8) is 0 Å². The smallest absolute Gasteiger partial charge is 0.211 e. The van der Waals surface area contributed by atoms with Gasteiger partial charge in [-0.1, -0.05) is 18.2 Å². The van der Waals surface area contributed by atoms with Crippen LogP contribution in [0.5, 0.6) is 0 Å². The van der Waals surface area contributed by atoms with Gasteiger partial charge in [0.15, 0.2) is 5.76 Å². The van der Waals surface area contributed by atoms with E-state index in [4.69, 9.17) is 9.52 Å². The number of Topliss-reactive ketones (excluding diaryl/α,β-unsaturated/α-hetero) is 1. The molecular formula is C16H20N2O3. The van der Waals surface area contributed by atoms with Gasteiger partial charge in [-0.05, 0) is 12.1 Å². The molecule has 0 atom stereocenters. The Morgan fingerprint density at radius 1 is 1.14 bits per heavy atom. The van der Waals surface area contributed by atoms with Crippen molar-refractivity contribution >= 4 is 16.8 Å². The number of benzene rings is 1. The maximum atomic E-state index is 12.3. The third-order valence-corrected chi connectivity index (χ3v) is 3.95. The molecule has 1 aliphatic heterocycles. The van der Waals surface area contributed by atoms with E-state index in [9.17, 15) is 4.79 Å². The van der Waals surface area contributed by atoms with Crippen molar-refractivity contribution in [1.82, 2.24) is 9.80 Å². The summed E-state index contributed by atoms with van der Waals surface area (Å²) in [5, 5.41) is 9.89. The van der Waals surface area contributed by atoms with E-state index in [1.807, 2.05) is 30.3 Å². The van der Waals surface area contributed by atoms with Crippen molar-refractivity contribution in [3.8, 4) is 0 Å². The summed E-state index contributed by atoms with van der Waals surface area (Å²) in [5.41, 5.74) is 0.758. The average molecular weight is 288 g/mol. The minimum Gasteiger partial charge on any atom is -0.453 e. The van der Waals surface area contributed by atoms with Gasteiger partial charge in [-0.15, -0.1) is 0 Å². The molecule has 5 heteroatoms. The molecule has 2 heterocycles. The largest absolute Gasteiger partial charge is 0.453 e.